The highest BCUT2D eigenvalue weighted by Gasteiger charge is 2.21. The van der Waals surface area contributed by atoms with Crippen LogP contribution in [0.3, 0.4) is 0 Å². The van der Waals surface area contributed by atoms with Gasteiger partial charge in [-0.3, -0.25) is 9.52 Å². The summed E-state index contributed by atoms with van der Waals surface area (Å²) in [6.45, 7) is 4.04. The lowest BCUT2D eigenvalue weighted by atomic mass is 9.95. The lowest BCUT2D eigenvalue weighted by molar-refractivity contribution is -0.128. The summed E-state index contributed by atoms with van der Waals surface area (Å²) in [5.74, 6) is -0.209. The fourth-order valence-electron chi connectivity index (χ4n) is 3.80. The van der Waals surface area contributed by atoms with Gasteiger partial charge in [0.2, 0.25) is 0 Å². The van der Waals surface area contributed by atoms with Crippen molar-refractivity contribution in [2.24, 2.45) is 0 Å². The van der Waals surface area contributed by atoms with Crippen molar-refractivity contribution >= 4 is 27.6 Å². The molecule has 35 heavy (non-hydrogen) atoms. The van der Waals surface area contributed by atoms with Gasteiger partial charge in [-0.1, -0.05) is 32.6 Å². The minimum Gasteiger partial charge on any atom is -0.481 e. The van der Waals surface area contributed by atoms with Crippen LogP contribution in [0, 0.1) is 0 Å². The van der Waals surface area contributed by atoms with Gasteiger partial charge in [0, 0.05) is 11.7 Å². The topological polar surface area (TPSA) is 111 Å². The van der Waals surface area contributed by atoms with Gasteiger partial charge in [0.05, 0.1) is 17.1 Å². The third-order valence-electron chi connectivity index (χ3n) is 5.87. The number of ether oxygens (including phenoxy) is 2. The van der Waals surface area contributed by atoms with Crippen molar-refractivity contribution in [1.29, 1.82) is 0 Å². The molecule has 190 valence electrons. The Morgan fingerprint density at radius 2 is 1.66 bits per heavy atom. The van der Waals surface area contributed by atoms with E-state index in [9.17, 15) is 18.0 Å². The molecule has 9 heteroatoms. The first-order valence-electron chi connectivity index (χ1n) is 12.2. The first-order chi connectivity index (χ1) is 16.8. The van der Waals surface area contributed by atoms with Crippen LogP contribution < -0.4 is 14.8 Å². The number of sulfonamides is 1. The van der Waals surface area contributed by atoms with Gasteiger partial charge in [-0.2, -0.15) is 0 Å². The second kappa shape index (κ2) is 12.6. The number of carbonyl (C=O) groups excluding carboxylic acids is 2. The van der Waals surface area contributed by atoms with E-state index in [1.54, 1.807) is 6.92 Å². The Hall–Kier alpha value is -3.07. The van der Waals surface area contributed by atoms with Crippen molar-refractivity contribution in [2.45, 2.75) is 75.8 Å². The molecule has 0 heterocycles. The molecule has 1 fully saturated rings. The molecule has 8 nitrogen and oxygen atoms in total. The average molecular weight is 503 g/mol. The minimum absolute atomic E-state index is 0.0483. The molecule has 2 N–H and O–H groups in total. The molecule has 3 rings (SSSR count). The van der Waals surface area contributed by atoms with Crippen molar-refractivity contribution in [3.63, 3.8) is 0 Å². The first kappa shape index (κ1) is 26.5. The fourth-order valence-corrected chi connectivity index (χ4v) is 4.86. The lowest BCUT2D eigenvalue weighted by Crippen LogP contribution is -2.43. The Bertz CT molecular complexity index is 1080. The molecule has 0 aliphatic heterocycles. The van der Waals surface area contributed by atoms with Gasteiger partial charge in [0.15, 0.2) is 6.10 Å². The van der Waals surface area contributed by atoms with Crippen LogP contribution >= 0.6 is 0 Å². The van der Waals surface area contributed by atoms with E-state index in [1.165, 1.54) is 55.0 Å². The molecule has 0 spiro atoms. The van der Waals surface area contributed by atoms with E-state index in [2.05, 4.69) is 10.0 Å². The standard InChI is InChI=1S/C26H34N2O6S/c1-3-4-18-33-26(30)20-10-12-22(13-11-20)28-35(31,32)24-16-14-23(15-17-24)34-19(2)25(29)27-21-8-6-5-7-9-21/h10-17,19,21,28H,3-9,18H2,1-2H3,(H,27,29)/t19-/m0/s1. The summed E-state index contributed by atoms with van der Waals surface area (Å²) in [6.07, 6.45) is 6.47. The predicted octanol–water partition coefficient (Wildman–Crippen LogP) is 4.66. The van der Waals surface area contributed by atoms with Crippen LogP contribution in [0.15, 0.2) is 53.4 Å². The molecule has 1 saturated carbocycles. The summed E-state index contributed by atoms with van der Waals surface area (Å²) in [6, 6.07) is 12.1. The fraction of sp³-hybridized carbons (Fsp3) is 0.462. The highest BCUT2D eigenvalue weighted by atomic mass is 32.2. The summed E-state index contributed by atoms with van der Waals surface area (Å²) in [5, 5.41) is 3.03. The normalized spacial score (nSPS) is 15.1. The molecule has 1 aliphatic carbocycles. The highest BCUT2D eigenvalue weighted by molar-refractivity contribution is 7.92. The van der Waals surface area contributed by atoms with Gasteiger partial charge < -0.3 is 14.8 Å². The maximum Gasteiger partial charge on any atom is 0.338 e. The van der Waals surface area contributed by atoms with Crippen molar-refractivity contribution in [3.05, 3.63) is 54.1 Å². The van der Waals surface area contributed by atoms with Gasteiger partial charge in [-0.25, -0.2) is 13.2 Å². The summed E-state index contributed by atoms with van der Waals surface area (Å²) >= 11 is 0. The van der Waals surface area contributed by atoms with Crippen LogP contribution in [0.5, 0.6) is 5.75 Å². The third-order valence-corrected chi connectivity index (χ3v) is 7.27. The first-order valence-corrected chi connectivity index (χ1v) is 13.6. The highest BCUT2D eigenvalue weighted by Crippen LogP contribution is 2.21. The number of anilines is 1. The number of carbonyl (C=O) groups is 2. The van der Waals surface area contributed by atoms with Crippen molar-refractivity contribution < 1.29 is 27.5 Å². The van der Waals surface area contributed by atoms with Gasteiger partial charge in [0.1, 0.15) is 5.75 Å². The Labute approximate surface area is 207 Å². The summed E-state index contributed by atoms with van der Waals surface area (Å²) in [7, 11) is -3.85. The predicted molar refractivity (Wildman–Crippen MR) is 134 cm³/mol. The molecule has 0 saturated heterocycles. The molecule has 0 bridgehead atoms. The molecule has 2 aromatic carbocycles. The van der Waals surface area contributed by atoms with Crippen LogP contribution in [0.1, 0.15) is 69.2 Å². The van der Waals surface area contributed by atoms with Gasteiger partial charge in [-0.15, -0.1) is 0 Å². The van der Waals surface area contributed by atoms with Gasteiger partial charge in [-0.05, 0) is 74.7 Å². The lowest BCUT2D eigenvalue weighted by Gasteiger charge is -2.24. The molecular weight excluding hydrogens is 468 g/mol. The Kier molecular flexibility index (Phi) is 9.54. The maximum absolute atomic E-state index is 12.8. The second-order valence-corrected chi connectivity index (χ2v) is 10.4. The van der Waals surface area contributed by atoms with Crippen LogP contribution in [-0.4, -0.2) is 39.0 Å². The van der Waals surface area contributed by atoms with E-state index >= 15 is 0 Å². The van der Waals surface area contributed by atoms with Crippen molar-refractivity contribution in [3.8, 4) is 5.75 Å². The van der Waals surface area contributed by atoms with Crippen LogP contribution in [0.25, 0.3) is 0 Å². The molecule has 1 amide bonds. The smallest absolute Gasteiger partial charge is 0.338 e. The number of benzene rings is 2. The van der Waals surface area contributed by atoms with Gasteiger partial charge in [0.25, 0.3) is 15.9 Å². The molecule has 0 unspecified atom stereocenters. The SMILES string of the molecule is CCCCOC(=O)c1ccc(NS(=O)(=O)c2ccc(O[C@@H](C)C(=O)NC3CCCCC3)cc2)cc1. The molecule has 0 aromatic heterocycles. The molecule has 1 aliphatic rings. The van der Waals surface area contributed by atoms with E-state index in [1.807, 2.05) is 6.92 Å². The van der Waals surface area contributed by atoms with E-state index < -0.39 is 22.1 Å². The van der Waals surface area contributed by atoms with Gasteiger partial charge >= 0.3 is 5.97 Å². The van der Waals surface area contributed by atoms with E-state index in [4.69, 9.17) is 9.47 Å². The summed E-state index contributed by atoms with van der Waals surface area (Å²) in [4.78, 5) is 24.4. The molecule has 2 aromatic rings. The Balaban J connectivity index is 1.54. The van der Waals surface area contributed by atoms with Crippen LogP contribution in [0.2, 0.25) is 0 Å². The summed E-state index contributed by atoms with van der Waals surface area (Å²) < 4.78 is 38.9. The summed E-state index contributed by atoms with van der Waals surface area (Å²) in [5.41, 5.74) is 0.677. The molecular formula is C26H34N2O6S. The number of hydrogen-bond donors (Lipinski definition) is 2. The Morgan fingerprint density at radius 3 is 2.29 bits per heavy atom. The average Bonchev–Trinajstić information content (AvgIpc) is 2.85. The second-order valence-electron chi connectivity index (χ2n) is 8.75. The zero-order chi connectivity index (χ0) is 25.3. The monoisotopic (exact) mass is 502 g/mol. The molecule has 1 atom stereocenters. The largest absolute Gasteiger partial charge is 0.481 e. The van der Waals surface area contributed by atoms with E-state index in [-0.39, 0.29) is 16.8 Å². The number of rotatable bonds is 11. The quantitative estimate of drug-likeness (QED) is 0.342. The van der Waals surface area contributed by atoms with E-state index in [0.29, 0.717) is 23.6 Å². The molecule has 0 radical (unpaired) electrons. The number of unbranched alkanes of at least 4 members (excludes halogenated alkanes) is 1. The Morgan fingerprint density at radius 1 is 1.00 bits per heavy atom. The number of nitrogens with one attached hydrogen (secondary N) is 2. The maximum atomic E-state index is 12.8. The minimum atomic E-state index is -3.85. The van der Waals surface area contributed by atoms with Crippen molar-refractivity contribution in [2.75, 3.05) is 11.3 Å². The number of amides is 1. The number of esters is 1. The van der Waals surface area contributed by atoms with Crippen molar-refractivity contribution in [1.82, 2.24) is 5.32 Å². The van der Waals surface area contributed by atoms with Crippen LogP contribution in [-0.2, 0) is 19.6 Å². The number of hydrogen-bond acceptors (Lipinski definition) is 6. The zero-order valence-electron chi connectivity index (χ0n) is 20.3. The van der Waals surface area contributed by atoms with Crippen LogP contribution in [0.4, 0.5) is 5.69 Å². The van der Waals surface area contributed by atoms with E-state index in [0.717, 1.165) is 38.5 Å². The zero-order valence-corrected chi connectivity index (χ0v) is 21.1. The third kappa shape index (κ3) is 7.99.